The lowest BCUT2D eigenvalue weighted by Crippen LogP contribution is -2.48. The molecule has 3 aliphatic rings. The number of nitrogens with one attached hydrogen (secondary N) is 2. The first-order valence-electron chi connectivity index (χ1n) is 11.7. The van der Waals surface area contributed by atoms with Crippen molar-refractivity contribution in [1.82, 2.24) is 20.4 Å². The summed E-state index contributed by atoms with van der Waals surface area (Å²) in [6.07, 6.45) is 12.4. The number of rotatable bonds is 6. The van der Waals surface area contributed by atoms with Crippen LogP contribution in [0.25, 0.3) is 0 Å². The van der Waals surface area contributed by atoms with Crippen molar-refractivity contribution in [2.75, 3.05) is 32.7 Å². The van der Waals surface area contributed by atoms with Crippen LogP contribution in [0.15, 0.2) is 0 Å². The molecule has 3 rings (SSSR count). The molecule has 0 bridgehead atoms. The number of piperidine rings is 2. The number of amides is 3. The molecule has 160 valence electrons. The Morgan fingerprint density at radius 3 is 2.32 bits per heavy atom. The van der Waals surface area contributed by atoms with Gasteiger partial charge in [-0.2, -0.15) is 0 Å². The number of urea groups is 1. The Morgan fingerprint density at radius 2 is 1.61 bits per heavy atom. The van der Waals surface area contributed by atoms with Crippen LogP contribution in [-0.4, -0.2) is 66.5 Å². The zero-order chi connectivity index (χ0) is 19.8. The molecule has 28 heavy (non-hydrogen) atoms. The van der Waals surface area contributed by atoms with Gasteiger partial charge in [0, 0.05) is 44.7 Å². The number of carbonyl (C=O) groups excluding carboxylic acids is 2. The van der Waals surface area contributed by atoms with E-state index in [1.807, 2.05) is 4.90 Å². The standard InChI is InChI=1S/C22H40N4O2/c1-18-7-5-6-13-25(18)16-12-23-21(27)17-19-10-14-26(15-11-19)22(28)24-20-8-3-2-4-9-20/h18-20H,2-17H2,1H3,(H,23,27)(H,24,28)/t18-/m0/s1. The quantitative estimate of drug-likeness (QED) is 0.730. The second-order valence-electron chi connectivity index (χ2n) is 9.15. The van der Waals surface area contributed by atoms with Crippen LogP contribution in [0.4, 0.5) is 4.79 Å². The zero-order valence-electron chi connectivity index (χ0n) is 17.8. The van der Waals surface area contributed by atoms with Gasteiger partial charge in [-0.05, 0) is 57.9 Å². The molecule has 1 aliphatic carbocycles. The summed E-state index contributed by atoms with van der Waals surface area (Å²) in [6.45, 7) is 6.74. The number of hydrogen-bond acceptors (Lipinski definition) is 3. The first-order valence-corrected chi connectivity index (χ1v) is 11.7. The second kappa shape index (κ2) is 11.0. The zero-order valence-corrected chi connectivity index (χ0v) is 17.8. The molecule has 0 spiro atoms. The Labute approximate surface area is 170 Å². The minimum absolute atomic E-state index is 0.102. The summed E-state index contributed by atoms with van der Waals surface area (Å²) in [7, 11) is 0. The Kier molecular flexibility index (Phi) is 8.44. The highest BCUT2D eigenvalue weighted by atomic mass is 16.2. The van der Waals surface area contributed by atoms with Crippen LogP contribution < -0.4 is 10.6 Å². The van der Waals surface area contributed by atoms with E-state index in [-0.39, 0.29) is 11.9 Å². The van der Waals surface area contributed by atoms with Gasteiger partial charge in [-0.25, -0.2) is 4.79 Å². The van der Waals surface area contributed by atoms with E-state index in [1.54, 1.807) is 0 Å². The van der Waals surface area contributed by atoms with Gasteiger partial charge in [0.15, 0.2) is 0 Å². The van der Waals surface area contributed by atoms with Crippen LogP contribution in [0.2, 0.25) is 0 Å². The van der Waals surface area contributed by atoms with E-state index in [0.717, 1.165) is 51.9 Å². The van der Waals surface area contributed by atoms with Crippen molar-refractivity contribution in [3.63, 3.8) is 0 Å². The fraction of sp³-hybridized carbons (Fsp3) is 0.909. The van der Waals surface area contributed by atoms with Crippen molar-refractivity contribution in [2.24, 2.45) is 5.92 Å². The fourth-order valence-electron chi connectivity index (χ4n) is 5.02. The van der Waals surface area contributed by atoms with Crippen molar-refractivity contribution in [1.29, 1.82) is 0 Å². The van der Waals surface area contributed by atoms with Crippen molar-refractivity contribution in [3.8, 4) is 0 Å². The van der Waals surface area contributed by atoms with Crippen molar-refractivity contribution < 1.29 is 9.59 Å². The van der Waals surface area contributed by atoms with Gasteiger partial charge in [-0.1, -0.05) is 25.7 Å². The maximum absolute atomic E-state index is 12.4. The van der Waals surface area contributed by atoms with E-state index >= 15 is 0 Å². The molecule has 6 heteroatoms. The molecule has 0 aromatic rings. The molecule has 0 aromatic carbocycles. The minimum Gasteiger partial charge on any atom is -0.355 e. The summed E-state index contributed by atoms with van der Waals surface area (Å²) in [4.78, 5) is 29.2. The van der Waals surface area contributed by atoms with Gasteiger partial charge in [0.2, 0.25) is 5.91 Å². The van der Waals surface area contributed by atoms with E-state index in [2.05, 4.69) is 22.5 Å². The number of likely N-dealkylation sites (tertiary alicyclic amines) is 2. The van der Waals surface area contributed by atoms with Crippen LogP contribution in [0.3, 0.4) is 0 Å². The Bertz CT molecular complexity index is 499. The third kappa shape index (κ3) is 6.64. The Hall–Kier alpha value is -1.30. The maximum Gasteiger partial charge on any atom is 0.317 e. The number of carbonyl (C=O) groups is 2. The summed E-state index contributed by atoms with van der Waals surface area (Å²) >= 11 is 0. The molecular weight excluding hydrogens is 352 g/mol. The molecule has 1 atom stereocenters. The van der Waals surface area contributed by atoms with E-state index in [9.17, 15) is 9.59 Å². The average molecular weight is 393 g/mol. The van der Waals surface area contributed by atoms with Crippen molar-refractivity contribution in [2.45, 2.75) is 89.6 Å². The largest absolute Gasteiger partial charge is 0.355 e. The van der Waals surface area contributed by atoms with Crippen LogP contribution in [-0.2, 0) is 4.79 Å². The predicted octanol–water partition coefficient (Wildman–Crippen LogP) is 3.12. The summed E-state index contributed by atoms with van der Waals surface area (Å²) in [5.74, 6) is 0.586. The van der Waals surface area contributed by atoms with Gasteiger partial charge < -0.3 is 15.5 Å². The van der Waals surface area contributed by atoms with Crippen LogP contribution >= 0.6 is 0 Å². The summed E-state index contributed by atoms with van der Waals surface area (Å²) in [5, 5.41) is 6.32. The molecule has 0 aromatic heterocycles. The molecule has 2 heterocycles. The molecule has 3 fully saturated rings. The topological polar surface area (TPSA) is 64.7 Å². The molecule has 2 saturated heterocycles. The molecule has 1 saturated carbocycles. The highest BCUT2D eigenvalue weighted by Gasteiger charge is 2.26. The van der Waals surface area contributed by atoms with Gasteiger partial charge in [0.1, 0.15) is 0 Å². The van der Waals surface area contributed by atoms with Crippen LogP contribution in [0.1, 0.15) is 77.6 Å². The van der Waals surface area contributed by atoms with Crippen LogP contribution in [0.5, 0.6) is 0 Å². The van der Waals surface area contributed by atoms with E-state index in [0.29, 0.717) is 24.4 Å². The maximum atomic E-state index is 12.4. The normalized spacial score (nSPS) is 25.5. The van der Waals surface area contributed by atoms with E-state index in [1.165, 1.54) is 45.1 Å². The minimum atomic E-state index is 0.102. The lowest BCUT2D eigenvalue weighted by molar-refractivity contribution is -0.122. The third-order valence-electron chi connectivity index (χ3n) is 6.97. The lowest BCUT2D eigenvalue weighted by Gasteiger charge is -2.34. The van der Waals surface area contributed by atoms with Gasteiger partial charge >= 0.3 is 6.03 Å². The molecule has 0 unspecified atom stereocenters. The molecular formula is C22H40N4O2. The second-order valence-corrected chi connectivity index (χ2v) is 9.15. The first-order chi connectivity index (χ1) is 13.6. The average Bonchev–Trinajstić information content (AvgIpc) is 2.71. The predicted molar refractivity (Wildman–Crippen MR) is 112 cm³/mol. The van der Waals surface area contributed by atoms with Gasteiger partial charge in [-0.15, -0.1) is 0 Å². The van der Waals surface area contributed by atoms with Crippen LogP contribution in [0, 0.1) is 5.92 Å². The highest BCUT2D eigenvalue weighted by Crippen LogP contribution is 2.22. The summed E-state index contributed by atoms with van der Waals surface area (Å²) in [6, 6.07) is 1.12. The lowest BCUT2D eigenvalue weighted by atomic mass is 9.93. The molecule has 3 amide bonds. The summed E-state index contributed by atoms with van der Waals surface area (Å²) in [5.41, 5.74) is 0. The highest BCUT2D eigenvalue weighted by molar-refractivity contribution is 5.76. The van der Waals surface area contributed by atoms with E-state index in [4.69, 9.17) is 0 Å². The monoisotopic (exact) mass is 392 g/mol. The molecule has 0 radical (unpaired) electrons. The molecule has 2 N–H and O–H groups in total. The van der Waals surface area contributed by atoms with Crippen molar-refractivity contribution >= 4 is 11.9 Å². The first kappa shape index (κ1) is 21.4. The molecule has 2 aliphatic heterocycles. The van der Waals surface area contributed by atoms with Gasteiger partial charge in [0.25, 0.3) is 0 Å². The summed E-state index contributed by atoms with van der Waals surface area (Å²) < 4.78 is 0. The van der Waals surface area contributed by atoms with Crippen molar-refractivity contribution in [3.05, 3.63) is 0 Å². The fourth-order valence-corrected chi connectivity index (χ4v) is 5.02. The Morgan fingerprint density at radius 1 is 0.893 bits per heavy atom. The van der Waals surface area contributed by atoms with Gasteiger partial charge in [-0.3, -0.25) is 9.69 Å². The third-order valence-corrected chi connectivity index (χ3v) is 6.97. The Balaban J connectivity index is 1.28. The van der Waals surface area contributed by atoms with Gasteiger partial charge in [0.05, 0.1) is 0 Å². The SMILES string of the molecule is C[C@H]1CCCCN1CCNC(=O)CC1CCN(C(=O)NC2CCCCC2)CC1. The van der Waals surface area contributed by atoms with E-state index < -0.39 is 0 Å². The smallest absolute Gasteiger partial charge is 0.317 e. The molecule has 6 nitrogen and oxygen atoms in total. The number of nitrogens with zero attached hydrogens (tertiary/aromatic N) is 2. The number of hydrogen-bond donors (Lipinski definition) is 2.